The zero-order chi connectivity index (χ0) is 14.0. The van der Waals surface area contributed by atoms with Gasteiger partial charge in [-0.1, -0.05) is 6.07 Å². The molecule has 1 aromatic carbocycles. The van der Waals surface area contributed by atoms with Gasteiger partial charge in [-0.15, -0.1) is 0 Å². The number of halogens is 1. The Hall–Kier alpha value is -1.67. The summed E-state index contributed by atoms with van der Waals surface area (Å²) in [6.07, 6.45) is 7.78. The van der Waals surface area contributed by atoms with Crippen molar-refractivity contribution in [3.63, 3.8) is 0 Å². The largest absolute Gasteiger partial charge is 0.369 e. The number of nitrogens with zero attached hydrogens (tertiary/aromatic N) is 2. The molecule has 1 saturated carbocycles. The van der Waals surface area contributed by atoms with Crippen LogP contribution in [-0.2, 0) is 10.3 Å². The van der Waals surface area contributed by atoms with Crippen LogP contribution in [0.4, 0.5) is 10.1 Å². The lowest BCUT2D eigenvalue weighted by molar-refractivity contribution is 0.255. The van der Waals surface area contributed by atoms with Gasteiger partial charge in [0, 0.05) is 13.1 Å². The summed E-state index contributed by atoms with van der Waals surface area (Å²) in [4.78, 5) is 16.6. The third kappa shape index (κ3) is 2.25. The molecular formula is C16H19FN2O. The molecule has 1 heterocycles. The Bertz CT molecular complexity index is 541. The normalized spacial score (nSPS) is 20.9. The quantitative estimate of drug-likeness (QED) is 0.624. The van der Waals surface area contributed by atoms with Crippen LogP contribution < -0.4 is 4.90 Å². The van der Waals surface area contributed by atoms with E-state index >= 15 is 0 Å². The Morgan fingerprint density at radius 2 is 1.90 bits per heavy atom. The van der Waals surface area contributed by atoms with Crippen molar-refractivity contribution < 1.29 is 9.18 Å². The highest BCUT2D eigenvalue weighted by molar-refractivity contribution is 5.51. The van der Waals surface area contributed by atoms with Crippen LogP contribution in [0.2, 0.25) is 0 Å². The fraction of sp³-hybridized carbons (Fsp3) is 0.562. The van der Waals surface area contributed by atoms with E-state index in [0.717, 1.165) is 50.8 Å². The van der Waals surface area contributed by atoms with Crippen molar-refractivity contribution in [2.75, 3.05) is 18.0 Å². The average molecular weight is 274 g/mol. The fourth-order valence-corrected chi connectivity index (χ4v) is 3.25. The van der Waals surface area contributed by atoms with Crippen LogP contribution in [0.1, 0.15) is 44.1 Å². The van der Waals surface area contributed by atoms with Crippen molar-refractivity contribution in [2.24, 2.45) is 4.99 Å². The van der Waals surface area contributed by atoms with Crippen LogP contribution in [0.5, 0.6) is 0 Å². The summed E-state index contributed by atoms with van der Waals surface area (Å²) < 4.78 is 14.4. The lowest BCUT2D eigenvalue weighted by atomic mass is 9.72. The van der Waals surface area contributed by atoms with Gasteiger partial charge in [-0.25, -0.2) is 9.18 Å². The second-order valence-corrected chi connectivity index (χ2v) is 5.80. The number of piperidine rings is 1. The zero-order valence-corrected chi connectivity index (χ0v) is 11.6. The van der Waals surface area contributed by atoms with Gasteiger partial charge in [0.1, 0.15) is 5.82 Å². The molecule has 2 fully saturated rings. The number of benzene rings is 1. The Morgan fingerprint density at radius 1 is 1.15 bits per heavy atom. The summed E-state index contributed by atoms with van der Waals surface area (Å²) in [7, 11) is 0. The molecule has 0 N–H and O–H groups in total. The summed E-state index contributed by atoms with van der Waals surface area (Å²) in [5.74, 6) is -0.197. The topological polar surface area (TPSA) is 32.7 Å². The lowest BCUT2D eigenvalue weighted by Gasteiger charge is -2.37. The molecule has 106 valence electrons. The van der Waals surface area contributed by atoms with Gasteiger partial charge in [-0.3, -0.25) is 0 Å². The number of isocyanates is 1. The molecule has 1 aromatic rings. The molecule has 0 unspecified atom stereocenters. The molecule has 1 saturated heterocycles. The predicted molar refractivity (Wildman–Crippen MR) is 76.1 cm³/mol. The van der Waals surface area contributed by atoms with Gasteiger partial charge >= 0.3 is 0 Å². The van der Waals surface area contributed by atoms with Crippen molar-refractivity contribution in [1.82, 2.24) is 0 Å². The van der Waals surface area contributed by atoms with Gasteiger partial charge in [-0.2, -0.15) is 4.99 Å². The molecule has 0 atom stereocenters. The van der Waals surface area contributed by atoms with Crippen LogP contribution in [-0.4, -0.2) is 19.2 Å². The Kier molecular flexibility index (Phi) is 3.58. The maximum absolute atomic E-state index is 14.4. The summed E-state index contributed by atoms with van der Waals surface area (Å²) in [6.45, 7) is 1.85. The second-order valence-electron chi connectivity index (χ2n) is 5.80. The van der Waals surface area contributed by atoms with Crippen molar-refractivity contribution >= 4 is 11.8 Å². The first-order valence-corrected chi connectivity index (χ1v) is 7.39. The van der Waals surface area contributed by atoms with E-state index < -0.39 is 5.54 Å². The van der Waals surface area contributed by atoms with E-state index in [1.165, 1.54) is 6.42 Å². The molecule has 3 rings (SSSR count). The number of rotatable bonds is 3. The predicted octanol–water partition coefficient (Wildman–Crippen LogP) is 3.53. The molecule has 4 heteroatoms. The van der Waals surface area contributed by atoms with E-state index in [4.69, 9.17) is 0 Å². The first-order valence-electron chi connectivity index (χ1n) is 7.39. The van der Waals surface area contributed by atoms with E-state index in [0.29, 0.717) is 5.69 Å². The Labute approximate surface area is 118 Å². The maximum Gasteiger partial charge on any atom is 0.235 e. The summed E-state index contributed by atoms with van der Waals surface area (Å²) >= 11 is 0. The highest BCUT2D eigenvalue weighted by atomic mass is 19.1. The smallest absolute Gasteiger partial charge is 0.235 e. The second kappa shape index (κ2) is 5.37. The number of carbonyl (C=O) groups excluding carboxylic acids is 1. The van der Waals surface area contributed by atoms with E-state index in [2.05, 4.69) is 9.89 Å². The number of hydrogen-bond donors (Lipinski definition) is 0. The van der Waals surface area contributed by atoms with Crippen molar-refractivity contribution in [1.29, 1.82) is 0 Å². The number of aliphatic imine (C=N–C) groups is 1. The number of anilines is 1. The van der Waals surface area contributed by atoms with Gasteiger partial charge in [0.05, 0.1) is 11.2 Å². The molecule has 1 aliphatic carbocycles. The molecule has 2 aliphatic rings. The first kappa shape index (κ1) is 13.3. The molecule has 0 bridgehead atoms. The Balaban J connectivity index is 1.89. The minimum Gasteiger partial charge on any atom is -0.369 e. The monoisotopic (exact) mass is 274 g/mol. The maximum atomic E-state index is 14.4. The highest BCUT2D eigenvalue weighted by Crippen LogP contribution is 2.45. The minimum absolute atomic E-state index is 0.197. The van der Waals surface area contributed by atoms with Crippen LogP contribution in [0.3, 0.4) is 0 Å². The molecule has 0 amide bonds. The van der Waals surface area contributed by atoms with Crippen molar-refractivity contribution in [2.45, 2.75) is 44.1 Å². The molecule has 0 radical (unpaired) electrons. The minimum atomic E-state index is -0.511. The Morgan fingerprint density at radius 3 is 2.45 bits per heavy atom. The third-order valence-corrected chi connectivity index (χ3v) is 4.62. The summed E-state index contributed by atoms with van der Waals surface area (Å²) in [5, 5.41) is 0. The van der Waals surface area contributed by atoms with E-state index in [-0.39, 0.29) is 5.82 Å². The number of hydrogen-bond acceptors (Lipinski definition) is 3. The first-order chi connectivity index (χ1) is 9.75. The summed E-state index contributed by atoms with van der Waals surface area (Å²) in [5.41, 5.74) is 0.978. The van der Waals surface area contributed by atoms with Gasteiger partial charge in [0.2, 0.25) is 6.08 Å². The highest BCUT2D eigenvalue weighted by Gasteiger charge is 2.39. The van der Waals surface area contributed by atoms with Crippen LogP contribution in [0.15, 0.2) is 23.2 Å². The standard InChI is InChI=1S/C16H19FN2O/c17-14-11-13(16(18-12-20)7-4-8-16)5-6-15(14)19-9-2-1-3-10-19/h5-6,11H,1-4,7-10H2. The van der Waals surface area contributed by atoms with Crippen LogP contribution in [0.25, 0.3) is 0 Å². The lowest BCUT2D eigenvalue weighted by Crippen LogP contribution is -2.33. The van der Waals surface area contributed by atoms with Gasteiger partial charge in [0.25, 0.3) is 0 Å². The van der Waals surface area contributed by atoms with Crippen molar-refractivity contribution in [3.05, 3.63) is 29.6 Å². The van der Waals surface area contributed by atoms with E-state index in [1.54, 1.807) is 12.1 Å². The van der Waals surface area contributed by atoms with Gasteiger partial charge < -0.3 is 4.90 Å². The molecule has 0 aromatic heterocycles. The zero-order valence-electron chi connectivity index (χ0n) is 11.6. The molecule has 0 spiro atoms. The molecule has 3 nitrogen and oxygen atoms in total. The van der Waals surface area contributed by atoms with Crippen LogP contribution >= 0.6 is 0 Å². The van der Waals surface area contributed by atoms with Crippen molar-refractivity contribution in [3.8, 4) is 0 Å². The third-order valence-electron chi connectivity index (χ3n) is 4.62. The van der Waals surface area contributed by atoms with Gasteiger partial charge in [-0.05, 0) is 56.2 Å². The van der Waals surface area contributed by atoms with Crippen LogP contribution in [0, 0.1) is 5.82 Å². The van der Waals surface area contributed by atoms with Gasteiger partial charge in [0.15, 0.2) is 0 Å². The van der Waals surface area contributed by atoms with E-state index in [1.807, 2.05) is 12.1 Å². The fourth-order valence-electron chi connectivity index (χ4n) is 3.25. The molecule has 20 heavy (non-hydrogen) atoms. The SMILES string of the molecule is O=C=NC1(c2ccc(N3CCCCC3)c(F)c2)CCC1. The van der Waals surface area contributed by atoms with E-state index in [9.17, 15) is 9.18 Å². The summed E-state index contributed by atoms with van der Waals surface area (Å²) in [6, 6.07) is 5.33. The average Bonchev–Trinajstić information content (AvgIpc) is 2.44. The molecular weight excluding hydrogens is 255 g/mol. The molecule has 1 aliphatic heterocycles.